The smallest absolute Gasteiger partial charge is 0.154 e. The van der Waals surface area contributed by atoms with E-state index >= 15 is 0 Å². The second kappa shape index (κ2) is 8.52. The highest BCUT2D eigenvalue weighted by atomic mass is 16.6. The van der Waals surface area contributed by atoms with Crippen LogP contribution in [0.3, 0.4) is 0 Å². The van der Waals surface area contributed by atoms with Crippen molar-refractivity contribution in [3.8, 4) is 0 Å². The fraction of sp³-hybridized carbons (Fsp3) is 0.226. The van der Waals surface area contributed by atoms with Crippen LogP contribution in [0.15, 0.2) is 121 Å². The zero-order valence-electron chi connectivity index (χ0n) is 19.1. The molecule has 6 rings (SSSR count). The number of nitrogens with zero attached hydrogens (tertiary/aromatic N) is 1. The minimum absolute atomic E-state index is 0.126. The molecule has 2 aliphatic rings. The quantitative estimate of drug-likeness (QED) is 0.427. The lowest BCUT2D eigenvalue weighted by atomic mass is 9.79. The summed E-state index contributed by atoms with van der Waals surface area (Å²) in [5.74, 6) is 0. The van der Waals surface area contributed by atoms with E-state index in [0.29, 0.717) is 0 Å². The zero-order chi connectivity index (χ0) is 23.0. The maximum Gasteiger partial charge on any atom is 0.154 e. The molecule has 0 spiro atoms. The van der Waals surface area contributed by atoms with Crippen molar-refractivity contribution in [2.45, 2.75) is 36.3 Å². The third kappa shape index (κ3) is 3.16. The average molecular weight is 448 g/mol. The van der Waals surface area contributed by atoms with Gasteiger partial charge in [-0.2, -0.15) is 0 Å². The van der Waals surface area contributed by atoms with Gasteiger partial charge in [0.15, 0.2) is 5.60 Å². The zero-order valence-corrected chi connectivity index (χ0v) is 19.1. The van der Waals surface area contributed by atoms with Crippen molar-refractivity contribution in [3.63, 3.8) is 0 Å². The molecule has 170 valence electrons. The van der Waals surface area contributed by atoms with Crippen LogP contribution in [-0.4, -0.2) is 28.8 Å². The number of ether oxygens (including phenoxy) is 1. The Kier molecular flexibility index (Phi) is 5.34. The van der Waals surface area contributed by atoms with E-state index in [4.69, 9.17) is 4.74 Å². The van der Waals surface area contributed by atoms with Crippen LogP contribution in [0.5, 0.6) is 0 Å². The van der Waals surface area contributed by atoms with Crippen LogP contribution < -0.4 is 0 Å². The average Bonchev–Trinajstić information content (AvgIpc) is 3.53. The molecular formula is C31H29NO2. The van der Waals surface area contributed by atoms with Crippen molar-refractivity contribution in [3.05, 3.63) is 144 Å². The van der Waals surface area contributed by atoms with Gasteiger partial charge >= 0.3 is 0 Å². The Labute approximate surface area is 201 Å². The molecule has 34 heavy (non-hydrogen) atoms. The van der Waals surface area contributed by atoms with Gasteiger partial charge in [-0.05, 0) is 35.1 Å². The van der Waals surface area contributed by atoms with Gasteiger partial charge in [0.05, 0.1) is 0 Å². The van der Waals surface area contributed by atoms with Crippen LogP contribution in [0.2, 0.25) is 0 Å². The maximum absolute atomic E-state index is 12.7. The Balaban J connectivity index is 1.58. The third-order valence-electron chi connectivity index (χ3n) is 7.55. The second-order valence-corrected chi connectivity index (χ2v) is 9.33. The van der Waals surface area contributed by atoms with Crippen molar-refractivity contribution in [1.29, 1.82) is 0 Å². The molecule has 0 bridgehead atoms. The Hall–Kier alpha value is -3.24. The van der Waals surface area contributed by atoms with Gasteiger partial charge in [-0.25, -0.2) is 0 Å². The first-order chi connectivity index (χ1) is 16.7. The fourth-order valence-electron chi connectivity index (χ4n) is 6.05. The third-order valence-corrected chi connectivity index (χ3v) is 7.55. The van der Waals surface area contributed by atoms with Crippen LogP contribution >= 0.6 is 0 Å². The first kappa shape index (κ1) is 21.3. The predicted octanol–water partition coefficient (Wildman–Crippen LogP) is 5.69. The van der Waals surface area contributed by atoms with E-state index in [0.717, 1.165) is 41.6 Å². The lowest BCUT2D eigenvalue weighted by molar-refractivity contribution is -0.147. The molecule has 0 saturated carbocycles. The summed E-state index contributed by atoms with van der Waals surface area (Å²) in [4.78, 5) is 2.40. The summed E-state index contributed by atoms with van der Waals surface area (Å²) in [7, 11) is 0. The van der Waals surface area contributed by atoms with Crippen molar-refractivity contribution >= 4 is 0 Å². The van der Waals surface area contributed by atoms with E-state index in [2.05, 4.69) is 53.4 Å². The Morgan fingerprint density at radius 1 is 0.676 bits per heavy atom. The van der Waals surface area contributed by atoms with E-state index in [1.807, 2.05) is 72.8 Å². The summed E-state index contributed by atoms with van der Waals surface area (Å²) in [5, 5.41) is 12.7. The second-order valence-electron chi connectivity index (χ2n) is 9.33. The summed E-state index contributed by atoms with van der Waals surface area (Å²) in [6.07, 6.45) is 1.55. The van der Waals surface area contributed by atoms with Crippen molar-refractivity contribution in [2.24, 2.45) is 0 Å². The molecule has 2 saturated heterocycles. The topological polar surface area (TPSA) is 32.7 Å². The van der Waals surface area contributed by atoms with Gasteiger partial charge in [0.1, 0.15) is 11.8 Å². The number of aliphatic hydroxyl groups is 1. The Morgan fingerprint density at radius 2 is 1.12 bits per heavy atom. The molecule has 4 aromatic carbocycles. The van der Waals surface area contributed by atoms with Crippen molar-refractivity contribution < 1.29 is 9.84 Å². The van der Waals surface area contributed by atoms with Crippen LogP contribution in [0, 0.1) is 0 Å². The lowest BCUT2D eigenvalue weighted by Crippen LogP contribution is -2.49. The first-order valence-electron chi connectivity index (χ1n) is 12.1. The molecule has 0 aromatic heterocycles. The SMILES string of the molecule is OC(c1ccccc1)(c1ccccc1)[C@H]1OC(c2ccccc2)(c2ccccc2)[C@@H]2CCCN21. The highest BCUT2D eigenvalue weighted by molar-refractivity contribution is 5.44. The summed E-state index contributed by atoms with van der Waals surface area (Å²) < 4.78 is 7.24. The van der Waals surface area contributed by atoms with Crippen LogP contribution in [-0.2, 0) is 15.9 Å². The van der Waals surface area contributed by atoms with Gasteiger partial charge in [-0.3, -0.25) is 4.90 Å². The number of benzene rings is 4. The Bertz CT molecular complexity index is 1150. The van der Waals surface area contributed by atoms with Crippen LogP contribution in [0.25, 0.3) is 0 Å². The molecule has 2 aliphatic heterocycles. The van der Waals surface area contributed by atoms with E-state index < -0.39 is 17.4 Å². The molecule has 0 aliphatic carbocycles. The summed E-state index contributed by atoms with van der Waals surface area (Å²) in [5.41, 5.74) is 1.95. The largest absolute Gasteiger partial charge is 0.376 e. The minimum atomic E-state index is -1.32. The van der Waals surface area contributed by atoms with Crippen molar-refractivity contribution in [2.75, 3.05) is 6.54 Å². The van der Waals surface area contributed by atoms with E-state index in [9.17, 15) is 5.11 Å². The van der Waals surface area contributed by atoms with Gasteiger partial charge in [0.2, 0.25) is 0 Å². The van der Waals surface area contributed by atoms with E-state index in [1.165, 1.54) is 0 Å². The standard InChI is InChI=1S/C31H29NO2/c33-30(24-14-5-1-6-15-24,25-16-7-2-8-17-25)29-32-23-13-22-28(32)31(34-29,26-18-9-3-10-19-26)27-20-11-4-12-21-27/h1-12,14-21,28-29,33H,13,22-23H2/t28-,29+/m0/s1. The summed E-state index contributed by atoms with van der Waals surface area (Å²) >= 11 is 0. The predicted molar refractivity (Wildman–Crippen MR) is 134 cm³/mol. The minimum Gasteiger partial charge on any atom is -0.376 e. The summed E-state index contributed by atoms with van der Waals surface area (Å²) in [6, 6.07) is 41.1. The molecule has 3 nitrogen and oxygen atoms in total. The number of hydrogen-bond donors (Lipinski definition) is 1. The summed E-state index contributed by atoms with van der Waals surface area (Å²) in [6.45, 7) is 0.888. The molecule has 3 heteroatoms. The van der Waals surface area contributed by atoms with Gasteiger partial charge in [0, 0.05) is 12.6 Å². The highest BCUT2D eigenvalue weighted by Crippen LogP contribution is 2.54. The molecule has 0 unspecified atom stereocenters. The molecule has 2 fully saturated rings. The number of fused-ring (bicyclic) bond motifs is 1. The number of hydrogen-bond acceptors (Lipinski definition) is 3. The first-order valence-corrected chi connectivity index (χ1v) is 12.1. The Morgan fingerprint density at radius 3 is 1.59 bits per heavy atom. The van der Waals surface area contributed by atoms with Crippen molar-refractivity contribution in [1.82, 2.24) is 4.90 Å². The molecular weight excluding hydrogens is 418 g/mol. The maximum atomic E-state index is 12.7. The van der Waals surface area contributed by atoms with Gasteiger partial charge in [-0.1, -0.05) is 121 Å². The monoisotopic (exact) mass is 447 g/mol. The van der Waals surface area contributed by atoms with E-state index in [-0.39, 0.29) is 6.04 Å². The molecule has 0 radical (unpaired) electrons. The van der Waals surface area contributed by atoms with Crippen LogP contribution in [0.1, 0.15) is 35.1 Å². The van der Waals surface area contributed by atoms with Gasteiger partial charge < -0.3 is 9.84 Å². The molecule has 4 aromatic rings. The van der Waals surface area contributed by atoms with Crippen LogP contribution in [0.4, 0.5) is 0 Å². The van der Waals surface area contributed by atoms with E-state index in [1.54, 1.807) is 0 Å². The molecule has 2 atom stereocenters. The normalized spacial score (nSPS) is 21.9. The van der Waals surface area contributed by atoms with Gasteiger partial charge in [0.25, 0.3) is 0 Å². The molecule has 2 heterocycles. The number of rotatable bonds is 5. The fourth-order valence-corrected chi connectivity index (χ4v) is 6.05. The highest BCUT2D eigenvalue weighted by Gasteiger charge is 2.62. The lowest BCUT2D eigenvalue weighted by Gasteiger charge is -2.39. The van der Waals surface area contributed by atoms with Gasteiger partial charge in [-0.15, -0.1) is 0 Å². The molecule has 0 amide bonds. The molecule has 1 N–H and O–H groups in total.